The molecule has 0 atom stereocenters. The predicted octanol–water partition coefficient (Wildman–Crippen LogP) is 4.06. The Morgan fingerprint density at radius 1 is 1.16 bits per heavy atom. The van der Waals surface area contributed by atoms with E-state index in [1.54, 1.807) is 0 Å². The van der Waals surface area contributed by atoms with Crippen molar-refractivity contribution >= 4 is 23.1 Å². The van der Waals surface area contributed by atoms with Crippen LogP contribution in [0.1, 0.15) is 29.5 Å². The van der Waals surface area contributed by atoms with Crippen molar-refractivity contribution in [2.45, 2.75) is 32.6 Å². The number of hydrogen-bond donors (Lipinski definition) is 1. The Labute approximate surface area is 118 Å². The summed E-state index contributed by atoms with van der Waals surface area (Å²) < 4.78 is 0. The van der Waals surface area contributed by atoms with Crippen LogP contribution in [0.25, 0.3) is 0 Å². The summed E-state index contributed by atoms with van der Waals surface area (Å²) in [6, 6.07) is 6.43. The van der Waals surface area contributed by atoms with Gasteiger partial charge in [-0.3, -0.25) is 0 Å². The van der Waals surface area contributed by atoms with Gasteiger partial charge in [-0.15, -0.1) is 0 Å². The van der Waals surface area contributed by atoms with Gasteiger partial charge in [0, 0.05) is 11.3 Å². The summed E-state index contributed by atoms with van der Waals surface area (Å²) in [6.07, 6.45) is 6.35. The molecule has 0 aliphatic heterocycles. The Bertz CT molecular complexity index is 610. The predicted molar refractivity (Wildman–Crippen MR) is 78.1 cm³/mol. The maximum absolute atomic E-state index is 6.03. The van der Waals surface area contributed by atoms with Crippen molar-refractivity contribution in [3.05, 3.63) is 46.4 Å². The van der Waals surface area contributed by atoms with E-state index in [9.17, 15) is 0 Å². The molecule has 1 N–H and O–H groups in total. The molecule has 2 aromatic rings. The van der Waals surface area contributed by atoms with Gasteiger partial charge >= 0.3 is 0 Å². The zero-order chi connectivity index (χ0) is 13.2. The highest BCUT2D eigenvalue weighted by atomic mass is 35.5. The second-order valence-corrected chi connectivity index (χ2v) is 5.27. The van der Waals surface area contributed by atoms with Gasteiger partial charge in [0.25, 0.3) is 0 Å². The van der Waals surface area contributed by atoms with E-state index in [1.165, 1.54) is 36.7 Å². The summed E-state index contributed by atoms with van der Waals surface area (Å²) in [7, 11) is 0. The minimum atomic E-state index is 0.502. The van der Waals surface area contributed by atoms with E-state index in [0.29, 0.717) is 5.15 Å². The second kappa shape index (κ2) is 5.17. The van der Waals surface area contributed by atoms with Gasteiger partial charge < -0.3 is 5.32 Å². The van der Waals surface area contributed by atoms with Crippen molar-refractivity contribution in [1.82, 2.24) is 9.97 Å². The standard InChI is InChI=1S/C15H16ClN3/c1-10-14(16)17-9-18-15(10)19-13-8-4-6-11-5-2-3-7-12(11)13/h4,6,8-9H,2-3,5,7H2,1H3,(H,17,18,19). The maximum atomic E-state index is 6.03. The van der Waals surface area contributed by atoms with E-state index in [0.717, 1.165) is 23.5 Å². The van der Waals surface area contributed by atoms with Crippen LogP contribution >= 0.6 is 11.6 Å². The highest BCUT2D eigenvalue weighted by Gasteiger charge is 2.14. The molecule has 0 unspecified atom stereocenters. The minimum absolute atomic E-state index is 0.502. The summed E-state index contributed by atoms with van der Waals surface area (Å²) in [4.78, 5) is 8.26. The van der Waals surface area contributed by atoms with Crippen LogP contribution in [-0.4, -0.2) is 9.97 Å². The zero-order valence-corrected chi connectivity index (χ0v) is 11.7. The number of benzene rings is 1. The average molecular weight is 274 g/mol. The van der Waals surface area contributed by atoms with E-state index >= 15 is 0 Å². The fourth-order valence-electron chi connectivity index (χ4n) is 2.58. The van der Waals surface area contributed by atoms with Crippen molar-refractivity contribution < 1.29 is 0 Å². The summed E-state index contributed by atoms with van der Waals surface area (Å²) in [5.41, 5.74) is 4.91. The number of hydrogen-bond acceptors (Lipinski definition) is 3. The fourth-order valence-corrected chi connectivity index (χ4v) is 2.71. The average Bonchev–Trinajstić information content (AvgIpc) is 2.44. The van der Waals surface area contributed by atoms with Crippen LogP contribution in [0.4, 0.5) is 11.5 Å². The molecule has 0 amide bonds. The molecule has 0 saturated carbocycles. The van der Waals surface area contributed by atoms with E-state index in [2.05, 4.69) is 33.5 Å². The number of nitrogens with zero attached hydrogens (tertiary/aromatic N) is 2. The normalized spacial score (nSPS) is 14.0. The van der Waals surface area contributed by atoms with E-state index in [4.69, 9.17) is 11.6 Å². The zero-order valence-electron chi connectivity index (χ0n) is 10.9. The topological polar surface area (TPSA) is 37.8 Å². The molecule has 3 rings (SSSR count). The molecule has 1 aromatic heterocycles. The highest BCUT2D eigenvalue weighted by Crippen LogP contribution is 2.30. The minimum Gasteiger partial charge on any atom is -0.340 e. The van der Waals surface area contributed by atoms with Crippen LogP contribution in [0.5, 0.6) is 0 Å². The molecule has 1 aromatic carbocycles. The lowest BCUT2D eigenvalue weighted by Gasteiger charge is -2.20. The van der Waals surface area contributed by atoms with Crippen LogP contribution in [0.3, 0.4) is 0 Å². The van der Waals surface area contributed by atoms with Crippen molar-refractivity contribution in [3.8, 4) is 0 Å². The molecule has 1 aliphatic rings. The Morgan fingerprint density at radius 3 is 2.89 bits per heavy atom. The van der Waals surface area contributed by atoms with Gasteiger partial charge in [0.2, 0.25) is 0 Å². The van der Waals surface area contributed by atoms with Crippen LogP contribution in [0.15, 0.2) is 24.5 Å². The number of fused-ring (bicyclic) bond motifs is 1. The number of rotatable bonds is 2. The first-order valence-corrected chi connectivity index (χ1v) is 6.98. The third-order valence-corrected chi connectivity index (χ3v) is 4.05. The van der Waals surface area contributed by atoms with Crippen LogP contribution < -0.4 is 5.32 Å². The summed E-state index contributed by atoms with van der Waals surface area (Å²) in [6.45, 7) is 1.93. The lowest BCUT2D eigenvalue weighted by molar-refractivity contribution is 0.687. The molecule has 0 saturated heterocycles. The fraction of sp³-hybridized carbons (Fsp3) is 0.333. The molecule has 1 aliphatic carbocycles. The van der Waals surface area contributed by atoms with E-state index in [-0.39, 0.29) is 0 Å². The molecular formula is C15H16ClN3. The molecule has 0 spiro atoms. The van der Waals surface area contributed by atoms with Gasteiger partial charge in [0.1, 0.15) is 17.3 Å². The van der Waals surface area contributed by atoms with Gasteiger partial charge in [-0.25, -0.2) is 9.97 Å². The monoisotopic (exact) mass is 273 g/mol. The number of nitrogens with one attached hydrogen (secondary N) is 1. The summed E-state index contributed by atoms with van der Waals surface area (Å²) in [5.74, 6) is 0.791. The summed E-state index contributed by atoms with van der Waals surface area (Å²) in [5, 5.41) is 3.91. The highest BCUT2D eigenvalue weighted by molar-refractivity contribution is 6.30. The van der Waals surface area contributed by atoms with Gasteiger partial charge in [-0.05, 0) is 49.8 Å². The molecule has 0 bridgehead atoms. The van der Waals surface area contributed by atoms with Gasteiger partial charge in [0.05, 0.1) is 0 Å². The lowest BCUT2D eigenvalue weighted by atomic mass is 9.90. The summed E-state index contributed by atoms with van der Waals surface area (Å²) >= 11 is 6.03. The first-order chi connectivity index (χ1) is 9.25. The first-order valence-electron chi connectivity index (χ1n) is 6.60. The van der Waals surface area contributed by atoms with Crippen molar-refractivity contribution in [2.24, 2.45) is 0 Å². The SMILES string of the molecule is Cc1c(Cl)ncnc1Nc1cccc2c1CCCC2. The number of anilines is 2. The van der Waals surface area contributed by atoms with Crippen molar-refractivity contribution in [3.63, 3.8) is 0 Å². The first kappa shape index (κ1) is 12.4. The Morgan fingerprint density at radius 2 is 2.00 bits per heavy atom. The largest absolute Gasteiger partial charge is 0.340 e. The molecule has 1 heterocycles. The smallest absolute Gasteiger partial charge is 0.138 e. The molecule has 4 heteroatoms. The van der Waals surface area contributed by atoms with Gasteiger partial charge in [-0.2, -0.15) is 0 Å². The Hall–Kier alpha value is -1.61. The van der Waals surface area contributed by atoms with Crippen LogP contribution in [0, 0.1) is 6.92 Å². The second-order valence-electron chi connectivity index (χ2n) is 4.91. The van der Waals surface area contributed by atoms with Gasteiger partial charge in [0.15, 0.2) is 0 Å². The molecule has 0 radical (unpaired) electrons. The third kappa shape index (κ3) is 2.43. The Kier molecular flexibility index (Phi) is 3.38. The quantitative estimate of drug-likeness (QED) is 0.839. The number of halogens is 1. The molecule has 3 nitrogen and oxygen atoms in total. The van der Waals surface area contributed by atoms with Crippen LogP contribution in [-0.2, 0) is 12.8 Å². The molecule has 19 heavy (non-hydrogen) atoms. The van der Waals surface area contributed by atoms with Crippen molar-refractivity contribution in [2.75, 3.05) is 5.32 Å². The Balaban J connectivity index is 1.97. The molecule has 0 fully saturated rings. The third-order valence-electron chi connectivity index (χ3n) is 3.67. The number of aromatic nitrogens is 2. The van der Waals surface area contributed by atoms with E-state index < -0.39 is 0 Å². The van der Waals surface area contributed by atoms with Crippen molar-refractivity contribution in [1.29, 1.82) is 0 Å². The van der Waals surface area contributed by atoms with E-state index in [1.807, 2.05) is 6.92 Å². The lowest BCUT2D eigenvalue weighted by Crippen LogP contribution is -2.07. The van der Waals surface area contributed by atoms with Crippen LogP contribution in [0.2, 0.25) is 5.15 Å². The maximum Gasteiger partial charge on any atom is 0.138 e. The molecule has 98 valence electrons. The van der Waals surface area contributed by atoms with Gasteiger partial charge in [-0.1, -0.05) is 23.7 Å². The molecular weight excluding hydrogens is 258 g/mol. The number of aryl methyl sites for hydroxylation is 1.